The van der Waals surface area contributed by atoms with E-state index in [9.17, 15) is 14.4 Å². The first kappa shape index (κ1) is 21.0. The molecular weight excluding hydrogens is 346 g/mol. The zero-order valence-corrected chi connectivity index (χ0v) is 16.3. The first-order valence-electron chi connectivity index (χ1n) is 9.93. The molecule has 0 aromatic carbocycles. The zero-order valence-electron chi connectivity index (χ0n) is 16.3. The lowest BCUT2D eigenvalue weighted by Crippen LogP contribution is -2.52. The second-order valence-electron chi connectivity index (χ2n) is 7.15. The third kappa shape index (κ3) is 6.41. The molecular formula is C20H31N3O4. The predicted octanol–water partition coefficient (Wildman–Crippen LogP) is 2.33. The lowest BCUT2D eigenvalue weighted by Gasteiger charge is -2.33. The average Bonchev–Trinajstić information content (AvgIpc) is 3.22. The highest BCUT2D eigenvalue weighted by Gasteiger charge is 2.31. The number of amides is 3. The summed E-state index contributed by atoms with van der Waals surface area (Å²) in [6, 6.07) is 2.50. The number of nitrogens with one attached hydrogen (secondary N) is 2. The van der Waals surface area contributed by atoms with Crippen molar-refractivity contribution in [3.05, 3.63) is 24.2 Å². The Hall–Kier alpha value is -2.31. The predicted molar refractivity (Wildman–Crippen MR) is 102 cm³/mol. The maximum absolute atomic E-state index is 12.7. The van der Waals surface area contributed by atoms with Gasteiger partial charge in [-0.3, -0.25) is 14.4 Å². The maximum Gasteiger partial charge on any atom is 0.287 e. The smallest absolute Gasteiger partial charge is 0.287 e. The number of rotatable bonds is 9. The minimum absolute atomic E-state index is 0.0243. The third-order valence-electron chi connectivity index (χ3n) is 4.90. The molecule has 0 saturated carbocycles. The highest BCUT2D eigenvalue weighted by atomic mass is 16.3. The third-order valence-corrected chi connectivity index (χ3v) is 4.90. The fourth-order valence-corrected chi connectivity index (χ4v) is 3.31. The van der Waals surface area contributed by atoms with Crippen molar-refractivity contribution in [2.45, 2.75) is 58.4 Å². The van der Waals surface area contributed by atoms with Gasteiger partial charge in [-0.05, 0) is 38.3 Å². The van der Waals surface area contributed by atoms with E-state index in [1.165, 1.54) is 19.1 Å². The second-order valence-corrected chi connectivity index (χ2v) is 7.15. The average molecular weight is 377 g/mol. The van der Waals surface area contributed by atoms with Crippen molar-refractivity contribution in [2.75, 3.05) is 19.6 Å². The molecule has 2 atom stereocenters. The van der Waals surface area contributed by atoms with Gasteiger partial charge in [0.05, 0.1) is 12.2 Å². The Labute approximate surface area is 160 Å². The van der Waals surface area contributed by atoms with E-state index in [0.717, 1.165) is 25.7 Å². The van der Waals surface area contributed by atoms with Crippen LogP contribution in [0, 0.1) is 5.92 Å². The van der Waals surface area contributed by atoms with E-state index in [1.54, 1.807) is 24.0 Å². The first-order valence-corrected chi connectivity index (χ1v) is 9.93. The number of hydrogen-bond donors (Lipinski definition) is 2. The molecule has 3 amide bonds. The molecule has 27 heavy (non-hydrogen) atoms. The lowest BCUT2D eigenvalue weighted by molar-refractivity contribution is -0.137. The Bertz CT molecular complexity index is 615. The minimum atomic E-state index is -0.668. The summed E-state index contributed by atoms with van der Waals surface area (Å²) >= 11 is 0. The Balaban J connectivity index is 1.79. The van der Waals surface area contributed by atoms with Gasteiger partial charge in [-0.1, -0.05) is 26.2 Å². The number of piperidine rings is 1. The van der Waals surface area contributed by atoms with Gasteiger partial charge in [0, 0.05) is 19.6 Å². The van der Waals surface area contributed by atoms with Crippen molar-refractivity contribution in [3.8, 4) is 0 Å². The van der Waals surface area contributed by atoms with Crippen molar-refractivity contribution in [3.63, 3.8) is 0 Å². The quantitative estimate of drug-likeness (QED) is 0.646. The first-order chi connectivity index (χ1) is 13.0. The monoisotopic (exact) mass is 377 g/mol. The summed E-state index contributed by atoms with van der Waals surface area (Å²) in [5.74, 6) is -0.568. The van der Waals surface area contributed by atoms with E-state index in [2.05, 4.69) is 17.6 Å². The van der Waals surface area contributed by atoms with Crippen LogP contribution in [0.2, 0.25) is 0 Å². The molecule has 0 bridgehead atoms. The Morgan fingerprint density at radius 2 is 2.11 bits per heavy atom. The Morgan fingerprint density at radius 3 is 2.81 bits per heavy atom. The summed E-state index contributed by atoms with van der Waals surface area (Å²) in [6.07, 6.45) is 7.46. The van der Waals surface area contributed by atoms with E-state index in [1.807, 2.05) is 0 Å². The number of nitrogens with zero attached hydrogens (tertiary/aromatic N) is 1. The molecule has 1 aromatic heterocycles. The summed E-state index contributed by atoms with van der Waals surface area (Å²) in [5, 5.41) is 5.64. The van der Waals surface area contributed by atoms with Crippen LogP contribution in [0.4, 0.5) is 0 Å². The molecule has 2 heterocycles. The Kier molecular flexibility index (Phi) is 8.36. The summed E-state index contributed by atoms with van der Waals surface area (Å²) in [4.78, 5) is 38.7. The van der Waals surface area contributed by atoms with Crippen molar-refractivity contribution in [1.82, 2.24) is 15.5 Å². The van der Waals surface area contributed by atoms with E-state index in [-0.39, 0.29) is 23.5 Å². The topological polar surface area (TPSA) is 91.7 Å². The molecule has 7 heteroatoms. The highest BCUT2D eigenvalue weighted by Crippen LogP contribution is 2.17. The van der Waals surface area contributed by atoms with E-state index in [0.29, 0.717) is 19.6 Å². The van der Waals surface area contributed by atoms with Gasteiger partial charge in [0.25, 0.3) is 5.91 Å². The van der Waals surface area contributed by atoms with Crippen molar-refractivity contribution in [2.24, 2.45) is 5.92 Å². The molecule has 2 unspecified atom stereocenters. The van der Waals surface area contributed by atoms with Crippen molar-refractivity contribution >= 4 is 17.7 Å². The Morgan fingerprint density at radius 1 is 1.30 bits per heavy atom. The minimum Gasteiger partial charge on any atom is -0.459 e. The van der Waals surface area contributed by atoms with Crippen molar-refractivity contribution < 1.29 is 18.8 Å². The van der Waals surface area contributed by atoms with Gasteiger partial charge < -0.3 is 20.0 Å². The van der Waals surface area contributed by atoms with Gasteiger partial charge in [-0.2, -0.15) is 0 Å². The molecule has 7 nitrogen and oxygen atoms in total. The zero-order chi connectivity index (χ0) is 19.6. The fraction of sp³-hybridized carbons (Fsp3) is 0.650. The molecule has 0 radical (unpaired) electrons. The normalized spacial score (nSPS) is 18.0. The number of unbranched alkanes of at least 4 members (excludes halogenated alkanes) is 3. The van der Waals surface area contributed by atoms with Crippen LogP contribution >= 0.6 is 0 Å². The number of carbonyl (C=O) groups excluding carboxylic acids is 3. The van der Waals surface area contributed by atoms with E-state index in [4.69, 9.17) is 4.42 Å². The molecule has 0 spiro atoms. The SMILES string of the molecule is CCCCCCNC(=O)C1CCCN(C(=O)C(C)NC(=O)c2ccco2)C1. The maximum atomic E-state index is 12.7. The number of furan rings is 1. The molecule has 1 aliphatic rings. The molecule has 1 aliphatic heterocycles. The fourth-order valence-electron chi connectivity index (χ4n) is 3.31. The van der Waals surface area contributed by atoms with Gasteiger partial charge in [0.1, 0.15) is 6.04 Å². The second kappa shape index (κ2) is 10.7. The summed E-state index contributed by atoms with van der Waals surface area (Å²) in [6.45, 7) is 5.52. The standard InChI is InChI=1S/C20H31N3O4/c1-3-4-5-6-11-21-18(24)16-9-7-12-23(14-16)20(26)15(2)22-19(25)17-10-8-13-27-17/h8,10,13,15-16H,3-7,9,11-12,14H2,1-2H3,(H,21,24)(H,22,25). The number of hydrogen-bond acceptors (Lipinski definition) is 4. The molecule has 1 saturated heterocycles. The highest BCUT2D eigenvalue weighted by molar-refractivity contribution is 5.95. The van der Waals surface area contributed by atoms with Crippen LogP contribution in [0.15, 0.2) is 22.8 Å². The van der Waals surface area contributed by atoms with Crippen LogP contribution in [0.5, 0.6) is 0 Å². The van der Waals surface area contributed by atoms with Crippen LogP contribution in [-0.2, 0) is 9.59 Å². The van der Waals surface area contributed by atoms with Gasteiger partial charge >= 0.3 is 0 Å². The molecule has 1 aromatic rings. The molecule has 0 aliphatic carbocycles. The van der Waals surface area contributed by atoms with Gasteiger partial charge in [-0.15, -0.1) is 0 Å². The van der Waals surface area contributed by atoms with Crippen LogP contribution in [0.1, 0.15) is 62.9 Å². The summed E-state index contributed by atoms with van der Waals surface area (Å²) in [5.41, 5.74) is 0. The van der Waals surface area contributed by atoms with Crippen LogP contribution in [0.25, 0.3) is 0 Å². The number of likely N-dealkylation sites (tertiary alicyclic amines) is 1. The number of carbonyl (C=O) groups is 3. The largest absolute Gasteiger partial charge is 0.459 e. The summed E-state index contributed by atoms with van der Waals surface area (Å²) in [7, 11) is 0. The molecule has 2 rings (SSSR count). The molecule has 2 N–H and O–H groups in total. The van der Waals surface area contributed by atoms with Gasteiger partial charge in [0.2, 0.25) is 11.8 Å². The van der Waals surface area contributed by atoms with E-state index < -0.39 is 11.9 Å². The van der Waals surface area contributed by atoms with E-state index >= 15 is 0 Å². The van der Waals surface area contributed by atoms with Crippen molar-refractivity contribution in [1.29, 1.82) is 0 Å². The van der Waals surface area contributed by atoms with Gasteiger partial charge in [0.15, 0.2) is 5.76 Å². The van der Waals surface area contributed by atoms with Gasteiger partial charge in [-0.25, -0.2) is 0 Å². The summed E-state index contributed by atoms with van der Waals surface area (Å²) < 4.78 is 5.04. The van der Waals surface area contributed by atoms with Crippen LogP contribution in [0.3, 0.4) is 0 Å². The lowest BCUT2D eigenvalue weighted by atomic mass is 9.96. The molecule has 150 valence electrons. The van der Waals surface area contributed by atoms with Crippen LogP contribution in [-0.4, -0.2) is 48.3 Å². The van der Waals surface area contributed by atoms with Crippen LogP contribution < -0.4 is 10.6 Å². The molecule has 1 fully saturated rings.